The number of Topliss-reactive ketones (excluding diaryl/α,β-unsaturated/α-hetero) is 1. The molecule has 3 rings (SSSR count). The van der Waals surface area contributed by atoms with Crippen molar-refractivity contribution in [1.82, 2.24) is 0 Å². The van der Waals surface area contributed by atoms with Crippen molar-refractivity contribution in [1.29, 1.82) is 0 Å². The molecule has 8 atom stereocenters. The van der Waals surface area contributed by atoms with Crippen molar-refractivity contribution in [2.45, 2.75) is 143 Å². The Morgan fingerprint density at radius 2 is 1.66 bits per heavy atom. The molecule has 3 fully saturated rings. The fraction of sp³-hybridized carbons (Fsp3) is 0.909. The monoisotopic (exact) mass is 547 g/mol. The standard InChI is InChI=1S/C33H61NO3Si/c1-9-38(10-2,11-3)37-28-24-31(6,20-16-14-12-13-15-17-23-34)30(35)26(5)33-21-18-25(4)32(28,7)29(33)27(36-8)19-22-33/h14,16,25-29H,9-13,15,17-24,34H2,1-8H3/b16-14+/t25-,26+,27-,28-,29+,31+,32+,33+/m1/s1. The summed E-state index contributed by atoms with van der Waals surface area (Å²) in [5.41, 5.74) is 5.31. The molecule has 0 amide bonds. The lowest BCUT2D eigenvalue weighted by molar-refractivity contribution is -0.188. The van der Waals surface area contributed by atoms with Gasteiger partial charge in [0.1, 0.15) is 5.78 Å². The first kappa shape index (κ1) is 32.0. The van der Waals surface area contributed by atoms with Crippen LogP contribution in [-0.2, 0) is 14.0 Å². The Balaban J connectivity index is 2.06. The van der Waals surface area contributed by atoms with Crippen molar-refractivity contribution in [3.05, 3.63) is 12.2 Å². The number of nitrogens with two attached hydrogens (primary N) is 1. The molecule has 2 N–H and O–H groups in total. The molecule has 0 aliphatic heterocycles. The van der Waals surface area contributed by atoms with Gasteiger partial charge in [-0.2, -0.15) is 0 Å². The summed E-state index contributed by atoms with van der Waals surface area (Å²) in [4.78, 5) is 14.6. The van der Waals surface area contributed by atoms with E-state index in [1.807, 2.05) is 7.11 Å². The van der Waals surface area contributed by atoms with Crippen LogP contribution in [0.5, 0.6) is 0 Å². The largest absolute Gasteiger partial charge is 0.413 e. The van der Waals surface area contributed by atoms with Gasteiger partial charge < -0.3 is 14.9 Å². The van der Waals surface area contributed by atoms with Crippen LogP contribution in [0.1, 0.15) is 113 Å². The second-order valence-corrected chi connectivity index (χ2v) is 18.6. The number of rotatable bonds is 13. The van der Waals surface area contributed by atoms with E-state index in [-0.39, 0.29) is 29.0 Å². The molecule has 3 saturated carbocycles. The lowest BCUT2D eigenvalue weighted by Crippen LogP contribution is -2.64. The fourth-order valence-electron chi connectivity index (χ4n) is 9.19. The topological polar surface area (TPSA) is 61.5 Å². The number of ether oxygens (including phenoxy) is 1. The van der Waals surface area contributed by atoms with Crippen LogP contribution in [0.25, 0.3) is 0 Å². The summed E-state index contributed by atoms with van der Waals surface area (Å²) in [6, 6.07) is 3.44. The third-order valence-electron chi connectivity index (χ3n) is 12.3. The van der Waals surface area contributed by atoms with Gasteiger partial charge >= 0.3 is 0 Å². The van der Waals surface area contributed by atoms with E-state index in [1.54, 1.807) is 0 Å². The zero-order chi connectivity index (χ0) is 28.2. The summed E-state index contributed by atoms with van der Waals surface area (Å²) >= 11 is 0. The zero-order valence-corrected chi connectivity index (χ0v) is 27.2. The Hall–Kier alpha value is -0.493. The van der Waals surface area contributed by atoms with Crippen LogP contribution in [0.3, 0.4) is 0 Å². The molecule has 2 bridgehead atoms. The summed E-state index contributed by atoms with van der Waals surface area (Å²) in [6.07, 6.45) is 15.7. The summed E-state index contributed by atoms with van der Waals surface area (Å²) in [5.74, 6) is 1.48. The summed E-state index contributed by atoms with van der Waals surface area (Å²) < 4.78 is 13.8. The van der Waals surface area contributed by atoms with Crippen LogP contribution < -0.4 is 5.73 Å². The Bertz CT molecular complexity index is 804. The summed E-state index contributed by atoms with van der Waals surface area (Å²) in [6.45, 7) is 17.4. The van der Waals surface area contributed by atoms with Gasteiger partial charge in [0.2, 0.25) is 0 Å². The van der Waals surface area contributed by atoms with E-state index >= 15 is 0 Å². The molecule has 0 spiro atoms. The molecule has 38 heavy (non-hydrogen) atoms. The van der Waals surface area contributed by atoms with Crippen LogP contribution in [0, 0.1) is 34.0 Å². The third-order valence-corrected chi connectivity index (χ3v) is 16.9. The van der Waals surface area contributed by atoms with E-state index in [4.69, 9.17) is 14.9 Å². The maximum Gasteiger partial charge on any atom is 0.192 e. The predicted octanol–water partition coefficient (Wildman–Crippen LogP) is 8.31. The molecule has 3 aliphatic carbocycles. The van der Waals surface area contributed by atoms with Crippen molar-refractivity contribution in [2.24, 2.45) is 39.7 Å². The molecule has 0 heterocycles. The lowest BCUT2D eigenvalue weighted by atomic mass is 9.44. The second-order valence-electron chi connectivity index (χ2n) is 13.8. The molecule has 0 radical (unpaired) electrons. The number of hydrogen-bond donors (Lipinski definition) is 1. The molecule has 0 aromatic rings. The average molecular weight is 548 g/mol. The first-order valence-electron chi connectivity index (χ1n) is 16.1. The molecular weight excluding hydrogens is 486 g/mol. The van der Waals surface area contributed by atoms with Gasteiger partial charge in [0.15, 0.2) is 8.32 Å². The van der Waals surface area contributed by atoms with Crippen molar-refractivity contribution in [2.75, 3.05) is 13.7 Å². The number of hydrogen-bond acceptors (Lipinski definition) is 4. The van der Waals surface area contributed by atoms with Crippen molar-refractivity contribution in [3.63, 3.8) is 0 Å². The van der Waals surface area contributed by atoms with E-state index in [0.29, 0.717) is 17.6 Å². The zero-order valence-electron chi connectivity index (χ0n) is 26.2. The average Bonchev–Trinajstić information content (AvgIpc) is 3.32. The molecule has 3 aliphatic rings. The molecular formula is C33H61NO3Si. The minimum Gasteiger partial charge on any atom is -0.413 e. The maximum absolute atomic E-state index is 14.6. The molecule has 4 nitrogen and oxygen atoms in total. The highest BCUT2D eigenvalue weighted by Gasteiger charge is 2.68. The predicted molar refractivity (Wildman–Crippen MR) is 163 cm³/mol. The molecule has 0 aromatic heterocycles. The van der Waals surface area contributed by atoms with Crippen molar-refractivity contribution >= 4 is 14.1 Å². The first-order valence-corrected chi connectivity index (χ1v) is 18.7. The van der Waals surface area contributed by atoms with Crippen LogP contribution in [0.15, 0.2) is 12.2 Å². The van der Waals surface area contributed by atoms with Gasteiger partial charge in [0.05, 0.1) is 12.2 Å². The van der Waals surface area contributed by atoms with Gasteiger partial charge in [-0.15, -0.1) is 0 Å². The minimum absolute atomic E-state index is 0.00927. The number of allylic oxidation sites excluding steroid dienone is 2. The highest BCUT2D eigenvalue weighted by molar-refractivity contribution is 6.73. The highest BCUT2D eigenvalue weighted by Crippen LogP contribution is 2.69. The van der Waals surface area contributed by atoms with Crippen LogP contribution in [-0.4, -0.2) is 40.0 Å². The highest BCUT2D eigenvalue weighted by atomic mass is 28.4. The summed E-state index contributed by atoms with van der Waals surface area (Å²) in [5, 5.41) is 0. The van der Waals surface area contributed by atoms with E-state index in [9.17, 15) is 4.79 Å². The lowest BCUT2D eigenvalue weighted by Gasteiger charge is -2.63. The van der Waals surface area contributed by atoms with E-state index in [2.05, 4.69) is 60.6 Å². The molecule has 0 aromatic carbocycles. The van der Waals surface area contributed by atoms with Crippen molar-refractivity contribution < 1.29 is 14.0 Å². The SMILES string of the molecule is CC[Si](CC)(CC)O[C@@H]1C[C@](C)(C/C=C/CCCCCN)C(=O)[C@H](C)[C@@]23CC[C@@H](C)[C@]1(C)[C@@H]2[C@H](OC)CC3. The Morgan fingerprint density at radius 3 is 2.26 bits per heavy atom. The second kappa shape index (κ2) is 13.0. The van der Waals surface area contributed by atoms with Crippen LogP contribution >= 0.6 is 0 Å². The maximum atomic E-state index is 14.6. The van der Waals surface area contributed by atoms with Crippen molar-refractivity contribution in [3.8, 4) is 0 Å². The normalized spacial score (nSPS) is 39.8. The van der Waals surface area contributed by atoms with Gasteiger partial charge in [0, 0.05) is 23.9 Å². The number of carbonyl (C=O) groups excluding carboxylic acids is 1. The van der Waals surface area contributed by atoms with Gasteiger partial charge in [-0.25, -0.2) is 0 Å². The number of methoxy groups -OCH3 is 1. The Morgan fingerprint density at radius 1 is 1.00 bits per heavy atom. The fourth-order valence-corrected chi connectivity index (χ4v) is 12.1. The number of carbonyl (C=O) groups is 1. The third kappa shape index (κ3) is 5.65. The Kier molecular flexibility index (Phi) is 11.0. The number of unbranched alkanes of at least 4 members (excludes halogenated alkanes) is 3. The molecule has 0 saturated heterocycles. The van der Waals surface area contributed by atoms with E-state index in [1.165, 1.54) is 19.3 Å². The van der Waals surface area contributed by atoms with Gasteiger partial charge in [0.25, 0.3) is 0 Å². The minimum atomic E-state index is -1.89. The van der Waals surface area contributed by atoms with Gasteiger partial charge in [-0.3, -0.25) is 4.79 Å². The molecule has 220 valence electrons. The van der Waals surface area contributed by atoms with Crippen LogP contribution in [0.4, 0.5) is 0 Å². The first-order chi connectivity index (χ1) is 18.0. The number of ketones is 1. The summed E-state index contributed by atoms with van der Waals surface area (Å²) in [7, 11) is 0.00955. The Labute approximate surface area is 236 Å². The smallest absolute Gasteiger partial charge is 0.192 e. The quantitative estimate of drug-likeness (QED) is 0.143. The van der Waals surface area contributed by atoms with Gasteiger partial charge in [-0.05, 0) is 99.7 Å². The van der Waals surface area contributed by atoms with E-state index < -0.39 is 13.7 Å². The van der Waals surface area contributed by atoms with Gasteiger partial charge in [-0.1, -0.05) is 67.0 Å². The molecule has 5 heteroatoms. The van der Waals surface area contributed by atoms with E-state index in [0.717, 1.165) is 69.6 Å². The van der Waals surface area contributed by atoms with Crippen LogP contribution in [0.2, 0.25) is 18.1 Å². The molecule has 0 unspecified atom stereocenters.